The number of hydrogen-bond acceptors (Lipinski definition) is 8. The Morgan fingerprint density at radius 1 is 1.15 bits per heavy atom. The van der Waals surface area contributed by atoms with Crippen LogP contribution in [0.5, 0.6) is 17.2 Å². The van der Waals surface area contributed by atoms with Crippen LogP contribution in [0.2, 0.25) is 0 Å². The summed E-state index contributed by atoms with van der Waals surface area (Å²) in [6.07, 6.45) is 1.94. The number of ether oxygens (including phenoxy) is 3. The van der Waals surface area contributed by atoms with Crippen LogP contribution in [0, 0.1) is 5.92 Å². The molecule has 2 aromatic rings. The lowest BCUT2D eigenvalue weighted by molar-refractivity contribution is -0.123. The Labute approximate surface area is 196 Å². The molecule has 0 spiro atoms. The molecule has 0 saturated carbocycles. The van der Waals surface area contributed by atoms with E-state index in [-0.39, 0.29) is 23.7 Å². The van der Waals surface area contributed by atoms with Crippen molar-refractivity contribution in [2.75, 3.05) is 50.0 Å². The van der Waals surface area contributed by atoms with E-state index in [4.69, 9.17) is 14.2 Å². The van der Waals surface area contributed by atoms with Gasteiger partial charge in [-0.3, -0.25) is 19.4 Å². The number of nitrogens with zero attached hydrogens (tertiary/aromatic N) is 2. The number of methoxy groups -OCH3 is 3. The summed E-state index contributed by atoms with van der Waals surface area (Å²) >= 11 is 0. The van der Waals surface area contributed by atoms with E-state index >= 15 is 0 Å². The van der Waals surface area contributed by atoms with E-state index in [1.165, 1.54) is 21.3 Å². The predicted octanol–water partition coefficient (Wildman–Crippen LogP) is 2.10. The third-order valence-electron chi connectivity index (χ3n) is 6.14. The zero-order valence-electron chi connectivity index (χ0n) is 19.7. The van der Waals surface area contributed by atoms with E-state index in [0.717, 1.165) is 25.9 Å². The molecule has 2 aliphatic rings. The van der Waals surface area contributed by atoms with Crippen molar-refractivity contribution >= 4 is 29.3 Å². The Morgan fingerprint density at radius 2 is 1.85 bits per heavy atom. The fraction of sp³-hybridized carbons (Fsp3) is 0.478. The first kappa shape index (κ1) is 23.4. The molecule has 4 rings (SSSR count). The molecule has 3 heterocycles. The maximum Gasteiger partial charge on any atom is 0.258 e. The molecule has 11 heteroatoms. The monoisotopic (exact) mass is 471 g/mol. The number of amides is 2. The number of benzene rings is 1. The highest BCUT2D eigenvalue weighted by atomic mass is 16.5. The summed E-state index contributed by atoms with van der Waals surface area (Å²) in [4.78, 5) is 48.0. The number of carbonyl (C=O) groups is 2. The lowest BCUT2D eigenvalue weighted by atomic mass is 9.92. The number of H-pyrrole nitrogens is 1. The largest absolute Gasteiger partial charge is 0.493 e. The second kappa shape index (κ2) is 9.62. The van der Waals surface area contributed by atoms with E-state index in [0.29, 0.717) is 34.8 Å². The number of hydrogen-bond donors (Lipinski definition) is 3. The number of aromatic nitrogens is 2. The van der Waals surface area contributed by atoms with E-state index in [2.05, 4.69) is 27.5 Å². The summed E-state index contributed by atoms with van der Waals surface area (Å²) in [6.45, 7) is 3.68. The van der Waals surface area contributed by atoms with Gasteiger partial charge in [0.25, 0.3) is 5.56 Å². The Hall–Kier alpha value is -3.76. The van der Waals surface area contributed by atoms with Crippen molar-refractivity contribution in [2.45, 2.75) is 32.1 Å². The molecule has 0 bridgehead atoms. The summed E-state index contributed by atoms with van der Waals surface area (Å²) in [5.41, 5.74) is 0.0666. The van der Waals surface area contributed by atoms with Gasteiger partial charge in [-0.15, -0.1) is 0 Å². The highest BCUT2D eigenvalue weighted by Gasteiger charge is 2.35. The van der Waals surface area contributed by atoms with Gasteiger partial charge in [-0.25, -0.2) is 0 Å². The quantitative estimate of drug-likeness (QED) is 0.583. The minimum Gasteiger partial charge on any atom is -0.493 e. The zero-order chi connectivity index (χ0) is 24.4. The van der Waals surface area contributed by atoms with Crippen molar-refractivity contribution in [1.29, 1.82) is 0 Å². The Morgan fingerprint density at radius 3 is 2.47 bits per heavy atom. The molecule has 1 aromatic carbocycles. The fourth-order valence-corrected chi connectivity index (χ4v) is 4.50. The van der Waals surface area contributed by atoms with Crippen molar-refractivity contribution in [3.8, 4) is 17.2 Å². The van der Waals surface area contributed by atoms with Crippen molar-refractivity contribution in [3.05, 3.63) is 28.0 Å². The second-order valence-corrected chi connectivity index (χ2v) is 8.55. The SMILES string of the molecule is COc1cc(NC(=O)[C@@H]2CC(=O)Nc3nc(N4CCC[C@H](C)C4)[nH]c(=O)c32)cc(OC)c1OC. The minimum absolute atomic E-state index is 0.123. The number of aromatic amines is 1. The lowest BCUT2D eigenvalue weighted by Gasteiger charge is -2.32. The van der Waals surface area contributed by atoms with Gasteiger partial charge in [0.1, 0.15) is 5.82 Å². The van der Waals surface area contributed by atoms with Gasteiger partial charge in [0.15, 0.2) is 11.5 Å². The Bertz CT molecular complexity index is 1140. The summed E-state index contributed by atoms with van der Waals surface area (Å²) in [7, 11) is 4.42. The highest BCUT2D eigenvalue weighted by molar-refractivity contribution is 6.04. The van der Waals surface area contributed by atoms with Crippen LogP contribution in [0.1, 0.15) is 37.7 Å². The Kier molecular flexibility index (Phi) is 6.62. The van der Waals surface area contributed by atoms with Crippen LogP contribution in [0.25, 0.3) is 0 Å². The number of carbonyl (C=O) groups excluding carboxylic acids is 2. The molecule has 0 aliphatic carbocycles. The molecular weight excluding hydrogens is 442 g/mol. The van der Waals surface area contributed by atoms with Crippen LogP contribution < -0.4 is 35.3 Å². The van der Waals surface area contributed by atoms with E-state index in [1.807, 2.05) is 4.90 Å². The normalized spacial score (nSPS) is 19.6. The number of anilines is 3. The van der Waals surface area contributed by atoms with E-state index in [9.17, 15) is 14.4 Å². The molecule has 1 saturated heterocycles. The van der Waals surface area contributed by atoms with Gasteiger partial charge in [-0.2, -0.15) is 4.98 Å². The van der Waals surface area contributed by atoms with Crippen molar-refractivity contribution in [3.63, 3.8) is 0 Å². The molecule has 182 valence electrons. The van der Waals surface area contributed by atoms with E-state index in [1.54, 1.807) is 12.1 Å². The Balaban J connectivity index is 1.64. The lowest BCUT2D eigenvalue weighted by Crippen LogP contribution is -2.40. The standard InChI is InChI=1S/C23H29N5O6/c1-12-6-5-7-28(11-12)23-26-20-18(22(31)27-23)14(10-17(29)25-20)21(30)24-13-8-15(32-2)19(34-4)16(9-13)33-3/h8-9,12,14H,5-7,10-11H2,1-4H3,(H,24,30)(H2,25,26,27,29,31)/t12-,14+/m0/s1. The maximum atomic E-state index is 13.2. The molecule has 34 heavy (non-hydrogen) atoms. The van der Waals surface area contributed by atoms with E-state index < -0.39 is 17.4 Å². The van der Waals surface area contributed by atoms with Gasteiger partial charge in [0.05, 0.1) is 32.8 Å². The number of fused-ring (bicyclic) bond motifs is 1. The first-order chi connectivity index (χ1) is 16.3. The predicted molar refractivity (Wildman–Crippen MR) is 126 cm³/mol. The second-order valence-electron chi connectivity index (χ2n) is 8.55. The molecule has 2 atom stereocenters. The molecule has 11 nitrogen and oxygen atoms in total. The molecule has 0 radical (unpaired) electrons. The van der Waals surface area contributed by atoms with Gasteiger partial charge in [-0.1, -0.05) is 6.92 Å². The van der Waals surface area contributed by atoms with Gasteiger partial charge in [0.2, 0.25) is 23.5 Å². The molecule has 2 aliphatic heterocycles. The number of piperidine rings is 1. The van der Waals surface area contributed by atoms with Gasteiger partial charge in [-0.05, 0) is 18.8 Å². The molecule has 1 fully saturated rings. The number of nitrogens with one attached hydrogen (secondary N) is 3. The molecule has 0 unspecified atom stereocenters. The minimum atomic E-state index is -1.01. The molecule has 1 aromatic heterocycles. The highest BCUT2D eigenvalue weighted by Crippen LogP contribution is 2.40. The smallest absolute Gasteiger partial charge is 0.258 e. The first-order valence-electron chi connectivity index (χ1n) is 11.1. The van der Waals surface area contributed by atoms with Crippen molar-refractivity contribution in [2.24, 2.45) is 5.92 Å². The summed E-state index contributed by atoms with van der Waals surface area (Å²) in [5, 5.41) is 5.42. The van der Waals surface area contributed by atoms with Crippen LogP contribution in [0.15, 0.2) is 16.9 Å². The topological polar surface area (TPSA) is 135 Å². The van der Waals surface area contributed by atoms with Crippen LogP contribution >= 0.6 is 0 Å². The average Bonchev–Trinajstić information content (AvgIpc) is 2.82. The number of rotatable bonds is 6. The maximum absolute atomic E-state index is 13.2. The first-order valence-corrected chi connectivity index (χ1v) is 11.1. The van der Waals surface area contributed by atoms with Crippen LogP contribution in [-0.4, -0.2) is 56.2 Å². The summed E-state index contributed by atoms with van der Waals surface area (Å²) in [6, 6.07) is 3.15. The zero-order valence-corrected chi connectivity index (χ0v) is 19.7. The molecule has 3 N–H and O–H groups in total. The van der Waals surface area contributed by atoms with Gasteiger partial charge >= 0.3 is 0 Å². The van der Waals surface area contributed by atoms with Gasteiger partial charge in [0, 0.05) is 37.3 Å². The molecular formula is C23H29N5O6. The average molecular weight is 472 g/mol. The van der Waals surface area contributed by atoms with Crippen LogP contribution in [0.3, 0.4) is 0 Å². The summed E-state index contributed by atoms with van der Waals surface area (Å²) < 4.78 is 16.0. The third-order valence-corrected chi connectivity index (χ3v) is 6.14. The summed E-state index contributed by atoms with van der Waals surface area (Å²) in [5.74, 6) is 0.198. The third kappa shape index (κ3) is 4.50. The van der Waals surface area contributed by atoms with Crippen molar-refractivity contribution in [1.82, 2.24) is 9.97 Å². The van der Waals surface area contributed by atoms with Gasteiger partial charge < -0.3 is 29.7 Å². The fourth-order valence-electron chi connectivity index (χ4n) is 4.50. The van der Waals surface area contributed by atoms with Crippen molar-refractivity contribution < 1.29 is 23.8 Å². The van der Waals surface area contributed by atoms with Crippen LogP contribution in [-0.2, 0) is 9.59 Å². The van der Waals surface area contributed by atoms with Crippen LogP contribution in [0.4, 0.5) is 17.5 Å². The molecule has 2 amide bonds.